The molecule has 0 aliphatic heterocycles. The SMILES string of the molecule is CC(C)(C)OC(=O)Nc1cc(=O)[nH]n1-c1ccccc1F. The predicted molar refractivity (Wildman–Crippen MR) is 76.2 cm³/mol. The number of aromatic nitrogens is 2. The molecule has 0 unspecified atom stereocenters. The van der Waals surface area contributed by atoms with Crippen LogP contribution in [0.5, 0.6) is 0 Å². The zero-order valence-corrected chi connectivity index (χ0v) is 11.9. The standard InChI is InChI=1S/C14H16FN3O3/c1-14(2,3)21-13(20)16-11-8-12(19)17-18(11)10-7-5-4-6-9(10)15/h4-8H,1-3H3,(H,16,20)(H,17,19). The summed E-state index contributed by atoms with van der Waals surface area (Å²) in [5.74, 6) is -0.434. The summed E-state index contributed by atoms with van der Waals surface area (Å²) in [5.41, 5.74) is -1.03. The van der Waals surface area contributed by atoms with Crippen LogP contribution in [-0.4, -0.2) is 21.5 Å². The van der Waals surface area contributed by atoms with Gasteiger partial charge in [0.25, 0.3) is 5.56 Å². The lowest BCUT2D eigenvalue weighted by Gasteiger charge is -2.20. The first-order chi connectivity index (χ1) is 9.76. The summed E-state index contributed by atoms with van der Waals surface area (Å²) in [6.07, 6.45) is -0.730. The van der Waals surface area contributed by atoms with Gasteiger partial charge in [-0.3, -0.25) is 15.2 Å². The average molecular weight is 293 g/mol. The quantitative estimate of drug-likeness (QED) is 0.893. The Hall–Kier alpha value is -2.57. The lowest BCUT2D eigenvalue weighted by atomic mass is 10.2. The van der Waals surface area contributed by atoms with Crippen molar-refractivity contribution in [3.63, 3.8) is 0 Å². The first-order valence-corrected chi connectivity index (χ1v) is 6.33. The molecule has 112 valence electrons. The molecule has 0 radical (unpaired) electrons. The zero-order chi connectivity index (χ0) is 15.6. The molecule has 0 saturated heterocycles. The molecule has 1 amide bonds. The van der Waals surface area contributed by atoms with E-state index in [1.54, 1.807) is 26.8 Å². The normalized spacial score (nSPS) is 11.2. The minimum atomic E-state index is -0.730. The van der Waals surface area contributed by atoms with Crippen LogP contribution in [0.3, 0.4) is 0 Å². The summed E-state index contributed by atoms with van der Waals surface area (Å²) in [6, 6.07) is 7.03. The van der Waals surface area contributed by atoms with Gasteiger partial charge >= 0.3 is 6.09 Å². The Balaban J connectivity index is 2.32. The van der Waals surface area contributed by atoms with Gasteiger partial charge < -0.3 is 4.74 Å². The number of carbonyl (C=O) groups excluding carboxylic acids is 1. The van der Waals surface area contributed by atoms with Gasteiger partial charge in [-0.15, -0.1) is 0 Å². The molecular weight excluding hydrogens is 277 g/mol. The summed E-state index contributed by atoms with van der Waals surface area (Å²) < 4.78 is 20.0. The van der Waals surface area contributed by atoms with Crippen LogP contribution in [0.15, 0.2) is 35.1 Å². The van der Waals surface area contributed by atoms with Crippen LogP contribution < -0.4 is 10.9 Å². The van der Waals surface area contributed by atoms with E-state index in [0.29, 0.717) is 0 Å². The van der Waals surface area contributed by atoms with E-state index in [0.717, 1.165) is 10.7 Å². The van der Waals surface area contributed by atoms with Crippen LogP contribution in [0.4, 0.5) is 15.0 Å². The van der Waals surface area contributed by atoms with Crippen LogP contribution in [0.1, 0.15) is 20.8 Å². The molecule has 1 aromatic carbocycles. The number of hydrogen-bond acceptors (Lipinski definition) is 3. The molecule has 21 heavy (non-hydrogen) atoms. The van der Waals surface area contributed by atoms with E-state index in [1.807, 2.05) is 0 Å². The third-order valence-electron chi connectivity index (χ3n) is 2.45. The lowest BCUT2D eigenvalue weighted by molar-refractivity contribution is 0.0635. The number of rotatable bonds is 2. The van der Waals surface area contributed by atoms with Crippen molar-refractivity contribution in [3.05, 3.63) is 46.5 Å². The summed E-state index contributed by atoms with van der Waals surface area (Å²) in [5, 5.41) is 4.84. The van der Waals surface area contributed by atoms with Crippen LogP contribution in [0, 0.1) is 5.82 Å². The molecule has 2 rings (SSSR count). The van der Waals surface area contributed by atoms with Crippen molar-refractivity contribution in [3.8, 4) is 5.69 Å². The number of hydrogen-bond donors (Lipinski definition) is 2. The number of aromatic amines is 1. The number of halogens is 1. The molecular formula is C14H16FN3O3. The Morgan fingerprint density at radius 3 is 2.62 bits per heavy atom. The van der Waals surface area contributed by atoms with Crippen molar-refractivity contribution in [1.82, 2.24) is 9.78 Å². The number of H-pyrrole nitrogens is 1. The molecule has 0 saturated carbocycles. The second-order valence-electron chi connectivity index (χ2n) is 5.42. The van der Waals surface area contributed by atoms with E-state index in [9.17, 15) is 14.0 Å². The van der Waals surface area contributed by atoms with Crippen LogP contribution in [0.2, 0.25) is 0 Å². The highest BCUT2D eigenvalue weighted by Crippen LogP contribution is 2.17. The maximum Gasteiger partial charge on any atom is 0.413 e. The number of carbonyl (C=O) groups is 1. The molecule has 2 aromatic rings. The number of nitrogens with one attached hydrogen (secondary N) is 2. The zero-order valence-electron chi connectivity index (χ0n) is 11.9. The van der Waals surface area contributed by atoms with Crippen molar-refractivity contribution in [2.45, 2.75) is 26.4 Å². The molecule has 1 aromatic heterocycles. The Bertz CT molecular complexity index is 713. The number of benzene rings is 1. The Labute approximate surface area is 120 Å². The summed E-state index contributed by atoms with van der Waals surface area (Å²) >= 11 is 0. The van der Waals surface area contributed by atoms with Gasteiger partial charge in [-0.1, -0.05) is 12.1 Å². The number of amides is 1. The van der Waals surface area contributed by atoms with E-state index in [2.05, 4.69) is 10.4 Å². The first kappa shape index (κ1) is 14.8. The molecule has 0 aliphatic rings. The topological polar surface area (TPSA) is 76.1 Å². The molecule has 0 aliphatic carbocycles. The summed E-state index contributed by atoms with van der Waals surface area (Å²) in [7, 11) is 0. The van der Waals surface area contributed by atoms with Gasteiger partial charge in [0.05, 0.1) is 0 Å². The lowest BCUT2D eigenvalue weighted by Crippen LogP contribution is -2.28. The fourth-order valence-electron chi connectivity index (χ4n) is 1.71. The van der Waals surface area contributed by atoms with Crippen molar-refractivity contribution < 1.29 is 13.9 Å². The van der Waals surface area contributed by atoms with E-state index >= 15 is 0 Å². The molecule has 7 heteroatoms. The van der Waals surface area contributed by atoms with Gasteiger partial charge in [0.15, 0.2) is 0 Å². The summed E-state index contributed by atoms with van der Waals surface area (Å²) in [6.45, 7) is 5.15. The minimum absolute atomic E-state index is 0.0966. The van der Waals surface area contributed by atoms with E-state index in [1.165, 1.54) is 18.2 Å². The highest BCUT2D eigenvalue weighted by molar-refractivity contribution is 5.84. The molecule has 0 atom stereocenters. The van der Waals surface area contributed by atoms with E-state index in [-0.39, 0.29) is 11.5 Å². The third-order valence-corrected chi connectivity index (χ3v) is 2.45. The second-order valence-corrected chi connectivity index (χ2v) is 5.42. The van der Waals surface area contributed by atoms with Gasteiger partial charge in [0, 0.05) is 6.07 Å². The van der Waals surface area contributed by atoms with Crippen LogP contribution >= 0.6 is 0 Å². The van der Waals surface area contributed by atoms with Crippen molar-refractivity contribution >= 4 is 11.9 Å². The Morgan fingerprint density at radius 1 is 1.33 bits per heavy atom. The maximum atomic E-state index is 13.8. The molecule has 2 N–H and O–H groups in total. The van der Waals surface area contributed by atoms with Gasteiger partial charge in [-0.2, -0.15) is 0 Å². The smallest absolute Gasteiger partial charge is 0.413 e. The van der Waals surface area contributed by atoms with Crippen LogP contribution in [0.25, 0.3) is 5.69 Å². The number of para-hydroxylation sites is 1. The van der Waals surface area contributed by atoms with Gasteiger partial charge in [-0.05, 0) is 32.9 Å². The van der Waals surface area contributed by atoms with Gasteiger partial charge in [0.1, 0.15) is 22.9 Å². The summed E-state index contributed by atoms with van der Waals surface area (Å²) in [4.78, 5) is 23.2. The molecule has 0 bridgehead atoms. The second kappa shape index (κ2) is 5.43. The first-order valence-electron chi connectivity index (χ1n) is 6.33. The number of anilines is 1. The molecule has 1 heterocycles. The highest BCUT2D eigenvalue weighted by atomic mass is 19.1. The maximum absolute atomic E-state index is 13.8. The fraction of sp³-hybridized carbons (Fsp3) is 0.286. The molecule has 0 fully saturated rings. The number of nitrogens with zero attached hydrogens (tertiary/aromatic N) is 1. The monoisotopic (exact) mass is 293 g/mol. The molecule has 0 spiro atoms. The third kappa shape index (κ3) is 3.71. The van der Waals surface area contributed by atoms with Crippen molar-refractivity contribution in [1.29, 1.82) is 0 Å². The van der Waals surface area contributed by atoms with Crippen LogP contribution in [-0.2, 0) is 4.74 Å². The number of ether oxygens (including phenoxy) is 1. The highest BCUT2D eigenvalue weighted by Gasteiger charge is 2.18. The fourth-order valence-corrected chi connectivity index (χ4v) is 1.71. The van der Waals surface area contributed by atoms with Crippen molar-refractivity contribution in [2.75, 3.05) is 5.32 Å². The van der Waals surface area contributed by atoms with E-state index in [4.69, 9.17) is 4.74 Å². The largest absolute Gasteiger partial charge is 0.444 e. The Kier molecular flexibility index (Phi) is 3.84. The predicted octanol–water partition coefficient (Wildman–Crippen LogP) is 2.65. The minimum Gasteiger partial charge on any atom is -0.444 e. The van der Waals surface area contributed by atoms with E-state index < -0.39 is 23.1 Å². The van der Waals surface area contributed by atoms with Gasteiger partial charge in [-0.25, -0.2) is 13.9 Å². The molecule has 6 nitrogen and oxygen atoms in total. The van der Waals surface area contributed by atoms with Gasteiger partial charge in [0.2, 0.25) is 0 Å². The Morgan fingerprint density at radius 2 is 2.00 bits per heavy atom. The average Bonchev–Trinajstić information content (AvgIpc) is 2.68. The van der Waals surface area contributed by atoms with Crippen molar-refractivity contribution in [2.24, 2.45) is 0 Å².